The van der Waals surface area contributed by atoms with E-state index in [0.717, 1.165) is 29.7 Å². The molecule has 0 bridgehead atoms. The average Bonchev–Trinajstić information content (AvgIpc) is 3.28. The quantitative estimate of drug-likeness (QED) is 0.745. The Morgan fingerprint density at radius 3 is 2.68 bits per heavy atom. The molecule has 4 rings (SSSR count). The van der Waals surface area contributed by atoms with Crippen molar-refractivity contribution in [1.82, 2.24) is 25.1 Å². The summed E-state index contributed by atoms with van der Waals surface area (Å²) in [4.78, 5) is 14.8. The predicted octanol–water partition coefficient (Wildman–Crippen LogP) is 1.93. The summed E-state index contributed by atoms with van der Waals surface area (Å²) in [5, 5.41) is 21.2. The van der Waals surface area contributed by atoms with Crippen molar-refractivity contribution in [3.63, 3.8) is 0 Å². The standard InChI is InChI=1S/C20H21N5O3/c1-28-19-6-4-14(5-7-19)15-9-16(11-17(10-15)25-13-21-22-23-25)20(27)24-8-2-3-18(26)12-24/h4-7,9-11,13,18,26H,2-3,8,12H2,1H3/t18-/m0/s1. The number of methoxy groups -OCH3 is 1. The molecule has 0 unspecified atom stereocenters. The Balaban J connectivity index is 1.74. The Labute approximate surface area is 162 Å². The van der Waals surface area contributed by atoms with Gasteiger partial charge < -0.3 is 14.7 Å². The van der Waals surface area contributed by atoms with Crippen molar-refractivity contribution in [3.05, 3.63) is 54.4 Å². The van der Waals surface area contributed by atoms with E-state index in [1.807, 2.05) is 36.4 Å². The van der Waals surface area contributed by atoms with Crippen LogP contribution in [0, 0.1) is 0 Å². The maximum absolute atomic E-state index is 13.1. The highest BCUT2D eigenvalue weighted by atomic mass is 16.5. The highest BCUT2D eigenvalue weighted by molar-refractivity contribution is 5.96. The molecule has 1 aromatic heterocycles. The Morgan fingerprint density at radius 2 is 2.00 bits per heavy atom. The lowest BCUT2D eigenvalue weighted by atomic mass is 10.00. The van der Waals surface area contributed by atoms with Crippen LogP contribution in [0.25, 0.3) is 16.8 Å². The monoisotopic (exact) mass is 379 g/mol. The van der Waals surface area contributed by atoms with Gasteiger partial charge in [-0.05, 0) is 64.7 Å². The van der Waals surface area contributed by atoms with Gasteiger partial charge in [-0.1, -0.05) is 12.1 Å². The van der Waals surface area contributed by atoms with E-state index in [2.05, 4.69) is 15.5 Å². The lowest BCUT2D eigenvalue weighted by Gasteiger charge is -2.30. The van der Waals surface area contributed by atoms with E-state index in [9.17, 15) is 9.90 Å². The number of ether oxygens (including phenoxy) is 1. The lowest BCUT2D eigenvalue weighted by molar-refractivity contribution is 0.0474. The molecule has 1 N–H and O–H groups in total. The molecule has 1 fully saturated rings. The summed E-state index contributed by atoms with van der Waals surface area (Å²) in [6, 6.07) is 13.2. The van der Waals surface area contributed by atoms with E-state index in [-0.39, 0.29) is 5.91 Å². The number of β-amino-alcohol motifs (C(OH)–C–C–N with tert-alkyl or cyclic N) is 1. The van der Waals surface area contributed by atoms with Gasteiger partial charge in [-0.2, -0.15) is 0 Å². The molecule has 0 aliphatic carbocycles. The maximum atomic E-state index is 13.1. The number of aromatic nitrogens is 4. The molecule has 2 heterocycles. The van der Waals surface area contributed by atoms with Gasteiger partial charge in [-0.15, -0.1) is 5.10 Å². The van der Waals surface area contributed by atoms with Crippen molar-refractivity contribution in [2.45, 2.75) is 18.9 Å². The number of aliphatic hydroxyl groups is 1. The van der Waals surface area contributed by atoms with Crippen LogP contribution in [0.1, 0.15) is 23.2 Å². The number of aliphatic hydroxyl groups excluding tert-OH is 1. The first-order valence-electron chi connectivity index (χ1n) is 9.14. The first kappa shape index (κ1) is 18.1. The fourth-order valence-electron chi connectivity index (χ4n) is 3.42. The van der Waals surface area contributed by atoms with Gasteiger partial charge in [0.25, 0.3) is 5.91 Å². The highest BCUT2D eigenvalue weighted by Crippen LogP contribution is 2.27. The zero-order chi connectivity index (χ0) is 19.5. The SMILES string of the molecule is COc1ccc(-c2cc(C(=O)N3CCC[C@H](O)C3)cc(-n3cnnn3)c2)cc1. The van der Waals surface area contributed by atoms with Crippen LogP contribution in [-0.2, 0) is 0 Å². The second kappa shape index (κ2) is 7.77. The van der Waals surface area contributed by atoms with E-state index in [0.29, 0.717) is 24.3 Å². The molecule has 0 radical (unpaired) electrons. The smallest absolute Gasteiger partial charge is 0.254 e. The van der Waals surface area contributed by atoms with Crippen LogP contribution in [0.15, 0.2) is 48.8 Å². The van der Waals surface area contributed by atoms with Gasteiger partial charge in [0, 0.05) is 18.7 Å². The third-order valence-corrected chi connectivity index (χ3v) is 4.89. The second-order valence-electron chi connectivity index (χ2n) is 6.80. The summed E-state index contributed by atoms with van der Waals surface area (Å²) in [5.41, 5.74) is 3.05. The molecule has 1 atom stereocenters. The third kappa shape index (κ3) is 3.72. The molecular formula is C20H21N5O3. The van der Waals surface area contributed by atoms with E-state index >= 15 is 0 Å². The molecule has 1 saturated heterocycles. The van der Waals surface area contributed by atoms with Crippen LogP contribution in [0.2, 0.25) is 0 Å². The summed E-state index contributed by atoms with van der Waals surface area (Å²) < 4.78 is 6.75. The van der Waals surface area contributed by atoms with Crippen molar-refractivity contribution < 1.29 is 14.6 Å². The van der Waals surface area contributed by atoms with E-state index in [4.69, 9.17) is 4.74 Å². The Bertz CT molecular complexity index is 956. The van der Waals surface area contributed by atoms with Crippen molar-refractivity contribution >= 4 is 5.91 Å². The lowest BCUT2D eigenvalue weighted by Crippen LogP contribution is -2.42. The number of tetrazole rings is 1. The normalized spacial score (nSPS) is 16.8. The van der Waals surface area contributed by atoms with Crippen molar-refractivity contribution in [2.75, 3.05) is 20.2 Å². The van der Waals surface area contributed by atoms with Crippen LogP contribution in [0.4, 0.5) is 0 Å². The minimum Gasteiger partial charge on any atom is -0.497 e. The zero-order valence-corrected chi connectivity index (χ0v) is 15.5. The second-order valence-corrected chi connectivity index (χ2v) is 6.80. The zero-order valence-electron chi connectivity index (χ0n) is 15.5. The van der Waals surface area contributed by atoms with Crippen molar-refractivity contribution in [2.24, 2.45) is 0 Å². The van der Waals surface area contributed by atoms with Gasteiger partial charge in [-0.3, -0.25) is 4.79 Å². The fourth-order valence-corrected chi connectivity index (χ4v) is 3.42. The molecule has 1 amide bonds. The Kier molecular flexibility index (Phi) is 5.03. The molecule has 8 nitrogen and oxygen atoms in total. The third-order valence-electron chi connectivity index (χ3n) is 4.89. The summed E-state index contributed by atoms with van der Waals surface area (Å²) in [6.45, 7) is 0.995. The van der Waals surface area contributed by atoms with Crippen molar-refractivity contribution in [3.8, 4) is 22.6 Å². The number of benzene rings is 2. The number of nitrogens with zero attached hydrogens (tertiary/aromatic N) is 5. The summed E-state index contributed by atoms with van der Waals surface area (Å²) in [6.07, 6.45) is 2.55. The van der Waals surface area contributed by atoms with Crippen LogP contribution in [-0.4, -0.2) is 62.4 Å². The van der Waals surface area contributed by atoms with Gasteiger partial charge >= 0.3 is 0 Å². The first-order chi connectivity index (χ1) is 13.6. The molecule has 0 spiro atoms. The molecule has 2 aromatic carbocycles. The number of piperidine rings is 1. The van der Waals surface area contributed by atoms with E-state index in [1.165, 1.54) is 11.0 Å². The molecular weight excluding hydrogens is 358 g/mol. The summed E-state index contributed by atoms with van der Waals surface area (Å²) >= 11 is 0. The largest absolute Gasteiger partial charge is 0.497 e. The fraction of sp³-hybridized carbons (Fsp3) is 0.300. The molecule has 28 heavy (non-hydrogen) atoms. The van der Waals surface area contributed by atoms with Crippen LogP contribution in [0.5, 0.6) is 5.75 Å². The molecule has 8 heteroatoms. The number of carbonyl (C=O) groups excluding carboxylic acids is 1. The topological polar surface area (TPSA) is 93.4 Å². The first-order valence-corrected chi connectivity index (χ1v) is 9.14. The number of hydrogen-bond donors (Lipinski definition) is 1. The van der Waals surface area contributed by atoms with Crippen molar-refractivity contribution in [1.29, 1.82) is 0 Å². The van der Waals surface area contributed by atoms with Crippen LogP contribution >= 0.6 is 0 Å². The number of rotatable bonds is 4. The average molecular weight is 379 g/mol. The Morgan fingerprint density at radius 1 is 1.18 bits per heavy atom. The molecule has 3 aromatic rings. The summed E-state index contributed by atoms with van der Waals surface area (Å²) in [7, 11) is 1.62. The van der Waals surface area contributed by atoms with Gasteiger partial charge in [0.15, 0.2) is 0 Å². The van der Waals surface area contributed by atoms with Gasteiger partial charge in [0.1, 0.15) is 12.1 Å². The highest BCUT2D eigenvalue weighted by Gasteiger charge is 2.24. The van der Waals surface area contributed by atoms with E-state index in [1.54, 1.807) is 18.1 Å². The summed E-state index contributed by atoms with van der Waals surface area (Å²) in [5.74, 6) is 0.655. The molecule has 1 aliphatic heterocycles. The predicted molar refractivity (Wildman–Crippen MR) is 102 cm³/mol. The van der Waals surface area contributed by atoms with Gasteiger partial charge in [0.2, 0.25) is 0 Å². The number of carbonyl (C=O) groups is 1. The van der Waals surface area contributed by atoms with Crippen LogP contribution in [0.3, 0.4) is 0 Å². The minimum atomic E-state index is -0.471. The maximum Gasteiger partial charge on any atom is 0.254 e. The molecule has 0 saturated carbocycles. The number of likely N-dealkylation sites (tertiary alicyclic amines) is 1. The number of amides is 1. The molecule has 1 aliphatic rings. The minimum absolute atomic E-state index is 0.108. The van der Waals surface area contributed by atoms with Gasteiger partial charge in [-0.25, -0.2) is 4.68 Å². The Hall–Kier alpha value is -3.26. The molecule has 144 valence electrons. The number of hydrogen-bond acceptors (Lipinski definition) is 6. The van der Waals surface area contributed by atoms with Gasteiger partial charge in [0.05, 0.1) is 18.9 Å². The van der Waals surface area contributed by atoms with E-state index < -0.39 is 6.10 Å². The van der Waals surface area contributed by atoms with Crippen LogP contribution < -0.4 is 4.74 Å².